The highest BCUT2D eigenvalue weighted by Crippen LogP contribution is 2.41. The number of rotatable bonds is 8. The summed E-state index contributed by atoms with van der Waals surface area (Å²) < 4.78 is 0. The Morgan fingerprint density at radius 3 is 1.30 bits per heavy atom. The van der Waals surface area contributed by atoms with Crippen molar-refractivity contribution in [1.82, 2.24) is 9.97 Å². The summed E-state index contributed by atoms with van der Waals surface area (Å²) in [5, 5.41) is 13.7. The van der Waals surface area contributed by atoms with Crippen LogP contribution in [-0.4, -0.2) is 9.97 Å². The van der Waals surface area contributed by atoms with Crippen LogP contribution in [0, 0.1) is 17.9 Å². The van der Waals surface area contributed by atoms with Crippen molar-refractivity contribution in [2.24, 2.45) is 0 Å². The van der Waals surface area contributed by atoms with Gasteiger partial charge in [0.1, 0.15) is 11.6 Å². The van der Waals surface area contributed by atoms with E-state index in [2.05, 4.69) is 210 Å². The molecule has 5 heteroatoms. The quantitative estimate of drug-likeness (QED) is 0.0878. The first kappa shape index (κ1) is 36.0. The molecule has 0 radical (unpaired) electrons. The van der Waals surface area contributed by atoms with Gasteiger partial charge in [0.2, 0.25) is 0 Å². The van der Waals surface area contributed by atoms with Gasteiger partial charge in [-0.05, 0) is 104 Å². The van der Waals surface area contributed by atoms with E-state index >= 15 is 0 Å². The molecule has 10 rings (SSSR count). The van der Waals surface area contributed by atoms with Crippen molar-refractivity contribution in [3.8, 4) is 28.3 Å². The molecule has 0 aliphatic rings. The molecule has 0 aliphatic heterocycles. The lowest BCUT2D eigenvalue weighted by Gasteiger charge is -2.25. The predicted molar refractivity (Wildman–Crippen MR) is 245 cm³/mol. The Morgan fingerprint density at radius 2 is 0.833 bits per heavy atom. The van der Waals surface area contributed by atoms with E-state index in [4.69, 9.17) is 16.5 Å². The number of anilines is 3. The smallest absolute Gasteiger partial charge is 0.307 e. The Bertz CT molecular complexity index is 2940. The third-order valence-corrected chi connectivity index (χ3v) is 11.3. The predicted octanol–water partition coefficient (Wildman–Crippen LogP) is 14.3. The minimum Gasteiger partial charge on any atom is -0.358 e. The highest BCUT2D eigenvalue weighted by molar-refractivity contribution is 6.24. The molecule has 1 aromatic heterocycles. The van der Waals surface area contributed by atoms with Gasteiger partial charge in [0, 0.05) is 33.8 Å². The second-order valence-corrected chi connectivity index (χ2v) is 14.8. The molecule has 0 spiro atoms. The average Bonchev–Trinajstić information content (AvgIpc) is 3.33. The van der Waals surface area contributed by atoms with Gasteiger partial charge in [0.25, 0.3) is 0 Å². The molecule has 10 aromatic rings. The summed E-state index contributed by atoms with van der Waals surface area (Å²) in [5.74, 6) is 0.114. The number of fused-ring (bicyclic) bond motifs is 6. The standard InChI is InChI=1S/C55H35N5/c1-57-55-51(36-56)58-53-47-32-28-43(38-26-30-46(31-27-38)60(44-18-10-4-11-19-44)45-20-12-5-13-21-45)35-49(47)50-34-42(29-33-48(50)54(53)59-55)37-22-24-41(25-23-37)52(39-14-6-2-7-15-39)40-16-8-3-9-17-40/h2-35,52H. The van der Waals surface area contributed by atoms with Crippen LogP contribution in [0.3, 0.4) is 0 Å². The SMILES string of the molecule is [C-]#[N+]c1nc2c3ccc(-c4ccc(C(c5ccccc5)c5ccccc5)cc4)cc3c3cc(-c4ccc(N(c5ccccc5)c5ccccc5)cc4)ccc3c2nc1C#N. The van der Waals surface area contributed by atoms with Gasteiger partial charge in [-0.15, -0.1) is 4.98 Å². The van der Waals surface area contributed by atoms with Gasteiger partial charge in [-0.1, -0.05) is 158 Å². The summed E-state index contributed by atoms with van der Waals surface area (Å²) in [7, 11) is 0. The van der Waals surface area contributed by atoms with E-state index in [0.717, 1.165) is 60.9 Å². The summed E-state index contributed by atoms with van der Waals surface area (Å²) >= 11 is 0. The van der Waals surface area contributed by atoms with E-state index in [1.807, 2.05) is 12.1 Å². The molecule has 60 heavy (non-hydrogen) atoms. The zero-order valence-electron chi connectivity index (χ0n) is 32.4. The Hall–Kier alpha value is -8.38. The average molecular weight is 766 g/mol. The van der Waals surface area contributed by atoms with E-state index < -0.39 is 0 Å². The van der Waals surface area contributed by atoms with E-state index in [1.165, 1.54) is 16.7 Å². The highest BCUT2D eigenvalue weighted by atomic mass is 15.1. The van der Waals surface area contributed by atoms with Crippen molar-refractivity contribution >= 4 is 55.5 Å². The molecule has 1 heterocycles. The second kappa shape index (κ2) is 15.5. The number of nitrogens with zero attached hydrogens (tertiary/aromatic N) is 5. The number of aromatic nitrogens is 2. The molecular formula is C55H35N5. The van der Waals surface area contributed by atoms with Crippen molar-refractivity contribution < 1.29 is 0 Å². The summed E-state index contributed by atoms with van der Waals surface area (Å²) in [6, 6.07) is 74.5. The maximum absolute atomic E-state index is 9.94. The van der Waals surface area contributed by atoms with E-state index in [9.17, 15) is 5.26 Å². The fourth-order valence-corrected chi connectivity index (χ4v) is 8.40. The fourth-order valence-electron chi connectivity index (χ4n) is 8.40. The van der Waals surface area contributed by atoms with Crippen LogP contribution in [-0.2, 0) is 0 Å². The Balaban J connectivity index is 1.10. The van der Waals surface area contributed by atoms with Crippen LogP contribution in [0.15, 0.2) is 206 Å². The number of benzene rings is 9. The first-order valence-corrected chi connectivity index (χ1v) is 19.9. The first-order valence-electron chi connectivity index (χ1n) is 19.9. The van der Waals surface area contributed by atoms with Crippen LogP contribution in [0.4, 0.5) is 22.9 Å². The van der Waals surface area contributed by atoms with Crippen molar-refractivity contribution in [3.05, 3.63) is 240 Å². The van der Waals surface area contributed by atoms with E-state index in [-0.39, 0.29) is 17.4 Å². The van der Waals surface area contributed by atoms with Gasteiger partial charge in [-0.25, -0.2) is 4.98 Å². The van der Waals surface area contributed by atoms with Gasteiger partial charge in [0.05, 0.1) is 0 Å². The summed E-state index contributed by atoms with van der Waals surface area (Å²) in [6.07, 6.45) is 0. The largest absolute Gasteiger partial charge is 0.358 e. The van der Waals surface area contributed by atoms with E-state index in [0.29, 0.717) is 11.0 Å². The number of para-hydroxylation sites is 2. The molecule has 0 unspecified atom stereocenters. The van der Waals surface area contributed by atoms with Crippen molar-refractivity contribution in [2.45, 2.75) is 5.92 Å². The maximum Gasteiger partial charge on any atom is 0.307 e. The molecule has 0 N–H and O–H groups in total. The molecular weight excluding hydrogens is 731 g/mol. The maximum atomic E-state index is 9.94. The van der Waals surface area contributed by atoms with Gasteiger partial charge in [0.15, 0.2) is 11.2 Å². The van der Waals surface area contributed by atoms with Crippen LogP contribution in [0.1, 0.15) is 28.3 Å². The third-order valence-electron chi connectivity index (χ3n) is 11.3. The fraction of sp³-hybridized carbons (Fsp3) is 0.0182. The molecule has 0 saturated carbocycles. The minimum atomic E-state index is 0.00783. The van der Waals surface area contributed by atoms with Gasteiger partial charge >= 0.3 is 5.82 Å². The zero-order valence-corrected chi connectivity index (χ0v) is 32.4. The zero-order chi connectivity index (χ0) is 40.4. The lowest BCUT2D eigenvalue weighted by molar-refractivity contribution is 0.978. The molecule has 0 atom stereocenters. The van der Waals surface area contributed by atoms with Crippen LogP contribution in [0.2, 0.25) is 0 Å². The molecule has 0 saturated heterocycles. The molecule has 0 amide bonds. The lowest BCUT2D eigenvalue weighted by atomic mass is 9.84. The monoisotopic (exact) mass is 765 g/mol. The molecule has 9 aromatic carbocycles. The molecule has 5 nitrogen and oxygen atoms in total. The minimum absolute atomic E-state index is 0.00783. The molecule has 0 fully saturated rings. The van der Waals surface area contributed by atoms with Crippen LogP contribution < -0.4 is 4.90 Å². The topological polar surface area (TPSA) is 57.2 Å². The third kappa shape index (κ3) is 6.57. The number of nitriles is 1. The van der Waals surface area contributed by atoms with Crippen molar-refractivity contribution in [2.75, 3.05) is 4.90 Å². The normalized spacial score (nSPS) is 11.1. The van der Waals surface area contributed by atoms with Gasteiger partial charge in [-0.3, -0.25) is 0 Å². The van der Waals surface area contributed by atoms with Crippen LogP contribution in [0.5, 0.6) is 0 Å². The summed E-state index contributed by atoms with van der Waals surface area (Å²) in [4.78, 5) is 15.3. The van der Waals surface area contributed by atoms with Crippen molar-refractivity contribution in [1.29, 1.82) is 5.26 Å². The Morgan fingerprint density at radius 1 is 0.433 bits per heavy atom. The van der Waals surface area contributed by atoms with Gasteiger partial charge in [-0.2, -0.15) is 5.26 Å². The summed E-state index contributed by atoms with van der Waals surface area (Å²) in [5.41, 5.74) is 12.4. The van der Waals surface area contributed by atoms with Crippen LogP contribution >= 0.6 is 0 Å². The lowest BCUT2D eigenvalue weighted by Crippen LogP contribution is -2.09. The Labute approximate surface area is 348 Å². The summed E-state index contributed by atoms with van der Waals surface area (Å²) in [6.45, 7) is 7.77. The molecule has 0 aliphatic carbocycles. The van der Waals surface area contributed by atoms with Crippen LogP contribution in [0.25, 0.3) is 59.7 Å². The van der Waals surface area contributed by atoms with Gasteiger partial charge < -0.3 is 9.74 Å². The van der Waals surface area contributed by atoms with E-state index in [1.54, 1.807) is 0 Å². The Kier molecular flexibility index (Phi) is 9.31. The molecule has 280 valence electrons. The molecule has 0 bridgehead atoms. The first-order chi connectivity index (χ1) is 29.7. The number of hydrogen-bond donors (Lipinski definition) is 0. The second-order valence-electron chi connectivity index (χ2n) is 14.8. The highest BCUT2D eigenvalue weighted by Gasteiger charge is 2.20. The van der Waals surface area contributed by atoms with Crippen molar-refractivity contribution in [3.63, 3.8) is 0 Å². The number of hydrogen-bond acceptors (Lipinski definition) is 4.